The second-order valence-corrected chi connectivity index (χ2v) is 5.17. The minimum Gasteiger partial charge on any atom is -0.380 e. The van der Waals surface area contributed by atoms with Crippen molar-refractivity contribution in [2.75, 3.05) is 24.7 Å². The molecule has 1 aliphatic rings. The van der Waals surface area contributed by atoms with Crippen molar-refractivity contribution < 1.29 is 4.74 Å². The summed E-state index contributed by atoms with van der Waals surface area (Å²) >= 11 is 1.97. The fourth-order valence-corrected chi connectivity index (χ4v) is 2.39. The van der Waals surface area contributed by atoms with Gasteiger partial charge in [-0.3, -0.25) is 0 Å². The number of hydrogen-bond donors (Lipinski definition) is 0. The van der Waals surface area contributed by atoms with Crippen LogP contribution in [-0.4, -0.2) is 24.7 Å². The first-order chi connectivity index (χ1) is 6.43. The van der Waals surface area contributed by atoms with Crippen LogP contribution in [0.15, 0.2) is 0 Å². The Hall–Kier alpha value is 0.310. The molecule has 0 aromatic carbocycles. The monoisotopic (exact) mass is 202 g/mol. The average Bonchev–Trinajstić information content (AvgIpc) is 2.19. The van der Waals surface area contributed by atoms with Gasteiger partial charge in [0, 0.05) is 12.4 Å². The van der Waals surface area contributed by atoms with Crippen molar-refractivity contribution in [3.8, 4) is 0 Å². The quantitative estimate of drug-likeness (QED) is 0.611. The standard InChI is InChI=1S/C11H22OS/c1-2-13-9-8-12-10-11-6-4-3-5-7-11/h11H,2-10H2,1H3. The van der Waals surface area contributed by atoms with E-state index in [1.807, 2.05) is 11.8 Å². The summed E-state index contributed by atoms with van der Waals surface area (Å²) in [5.74, 6) is 3.26. The predicted octanol–water partition coefficient (Wildman–Crippen LogP) is 3.34. The molecule has 0 saturated heterocycles. The normalized spacial score (nSPS) is 19.2. The van der Waals surface area contributed by atoms with Crippen molar-refractivity contribution in [3.05, 3.63) is 0 Å². The molecule has 1 saturated carbocycles. The number of rotatable bonds is 6. The third-order valence-electron chi connectivity index (χ3n) is 2.65. The van der Waals surface area contributed by atoms with E-state index in [4.69, 9.17) is 4.74 Å². The molecular formula is C11H22OS. The molecule has 1 rings (SSSR count). The molecular weight excluding hydrogens is 180 g/mol. The highest BCUT2D eigenvalue weighted by molar-refractivity contribution is 7.99. The van der Waals surface area contributed by atoms with Crippen LogP contribution in [0.4, 0.5) is 0 Å². The van der Waals surface area contributed by atoms with Crippen LogP contribution < -0.4 is 0 Å². The topological polar surface area (TPSA) is 9.23 Å². The van der Waals surface area contributed by atoms with E-state index in [9.17, 15) is 0 Å². The van der Waals surface area contributed by atoms with Crippen LogP contribution in [0.5, 0.6) is 0 Å². The van der Waals surface area contributed by atoms with Gasteiger partial charge in [-0.25, -0.2) is 0 Å². The van der Waals surface area contributed by atoms with Crippen LogP contribution in [0.3, 0.4) is 0 Å². The molecule has 1 aliphatic carbocycles. The number of hydrogen-bond acceptors (Lipinski definition) is 2. The molecule has 0 heterocycles. The summed E-state index contributed by atoms with van der Waals surface area (Å²) in [6.45, 7) is 4.17. The maximum atomic E-state index is 5.65. The molecule has 0 unspecified atom stereocenters. The molecule has 0 amide bonds. The summed E-state index contributed by atoms with van der Waals surface area (Å²) in [5.41, 5.74) is 0. The van der Waals surface area contributed by atoms with Crippen LogP contribution in [0.25, 0.3) is 0 Å². The lowest BCUT2D eigenvalue weighted by molar-refractivity contribution is 0.0967. The Morgan fingerprint density at radius 3 is 2.69 bits per heavy atom. The van der Waals surface area contributed by atoms with Crippen LogP contribution in [-0.2, 0) is 4.74 Å². The van der Waals surface area contributed by atoms with Gasteiger partial charge in [0.05, 0.1) is 6.61 Å². The van der Waals surface area contributed by atoms with Crippen LogP contribution in [0.2, 0.25) is 0 Å². The van der Waals surface area contributed by atoms with Crippen molar-refractivity contribution in [1.82, 2.24) is 0 Å². The Balaban J connectivity index is 1.86. The molecule has 0 bridgehead atoms. The lowest BCUT2D eigenvalue weighted by atomic mass is 9.90. The first kappa shape index (κ1) is 11.4. The molecule has 2 heteroatoms. The third kappa shape index (κ3) is 5.58. The van der Waals surface area contributed by atoms with E-state index < -0.39 is 0 Å². The Morgan fingerprint density at radius 2 is 2.00 bits per heavy atom. The molecule has 0 aromatic heterocycles. The van der Waals surface area contributed by atoms with Gasteiger partial charge in [0.15, 0.2) is 0 Å². The van der Waals surface area contributed by atoms with Gasteiger partial charge in [-0.15, -0.1) is 0 Å². The largest absolute Gasteiger partial charge is 0.380 e. The second kappa shape index (κ2) is 7.69. The molecule has 13 heavy (non-hydrogen) atoms. The van der Waals surface area contributed by atoms with E-state index in [0.29, 0.717) is 0 Å². The van der Waals surface area contributed by atoms with Crippen LogP contribution >= 0.6 is 11.8 Å². The summed E-state index contributed by atoms with van der Waals surface area (Å²) in [7, 11) is 0. The molecule has 0 aliphatic heterocycles. The zero-order valence-electron chi connectivity index (χ0n) is 8.76. The van der Waals surface area contributed by atoms with E-state index in [0.717, 1.165) is 19.1 Å². The van der Waals surface area contributed by atoms with Gasteiger partial charge >= 0.3 is 0 Å². The lowest BCUT2D eigenvalue weighted by Gasteiger charge is -2.21. The maximum absolute atomic E-state index is 5.65. The highest BCUT2D eigenvalue weighted by atomic mass is 32.2. The first-order valence-electron chi connectivity index (χ1n) is 5.59. The molecule has 0 spiro atoms. The molecule has 1 nitrogen and oxygen atoms in total. The van der Waals surface area contributed by atoms with Crippen molar-refractivity contribution in [2.45, 2.75) is 39.0 Å². The lowest BCUT2D eigenvalue weighted by Crippen LogP contribution is -2.14. The smallest absolute Gasteiger partial charge is 0.0556 e. The van der Waals surface area contributed by atoms with Crippen molar-refractivity contribution in [3.63, 3.8) is 0 Å². The van der Waals surface area contributed by atoms with Gasteiger partial charge in [-0.2, -0.15) is 11.8 Å². The molecule has 0 N–H and O–H groups in total. The van der Waals surface area contributed by atoms with Gasteiger partial charge in [-0.1, -0.05) is 26.2 Å². The highest BCUT2D eigenvalue weighted by Gasteiger charge is 2.12. The maximum Gasteiger partial charge on any atom is 0.0556 e. The van der Waals surface area contributed by atoms with E-state index in [2.05, 4.69) is 6.92 Å². The Morgan fingerprint density at radius 1 is 1.23 bits per heavy atom. The molecule has 0 atom stereocenters. The van der Waals surface area contributed by atoms with E-state index in [1.54, 1.807) is 0 Å². The van der Waals surface area contributed by atoms with Gasteiger partial charge in [0.1, 0.15) is 0 Å². The van der Waals surface area contributed by atoms with Crippen LogP contribution in [0, 0.1) is 5.92 Å². The summed E-state index contributed by atoms with van der Waals surface area (Å²) in [4.78, 5) is 0. The number of thioether (sulfide) groups is 1. The minimum atomic E-state index is 0.875. The Bertz CT molecular complexity index is 111. The zero-order chi connectivity index (χ0) is 9.36. The molecule has 1 fully saturated rings. The van der Waals surface area contributed by atoms with E-state index in [1.165, 1.54) is 43.6 Å². The third-order valence-corrected chi connectivity index (χ3v) is 3.52. The van der Waals surface area contributed by atoms with E-state index >= 15 is 0 Å². The molecule has 78 valence electrons. The molecule has 0 radical (unpaired) electrons. The van der Waals surface area contributed by atoms with Gasteiger partial charge in [-0.05, 0) is 24.5 Å². The summed E-state index contributed by atoms with van der Waals surface area (Å²) in [6.07, 6.45) is 7.11. The Kier molecular flexibility index (Phi) is 6.73. The fraction of sp³-hybridized carbons (Fsp3) is 1.00. The zero-order valence-corrected chi connectivity index (χ0v) is 9.57. The van der Waals surface area contributed by atoms with Crippen molar-refractivity contribution >= 4 is 11.8 Å². The van der Waals surface area contributed by atoms with Crippen molar-refractivity contribution in [2.24, 2.45) is 5.92 Å². The molecule has 0 aromatic rings. The minimum absolute atomic E-state index is 0.875. The van der Waals surface area contributed by atoms with Crippen molar-refractivity contribution in [1.29, 1.82) is 0 Å². The summed E-state index contributed by atoms with van der Waals surface area (Å²) in [6, 6.07) is 0. The van der Waals surface area contributed by atoms with Crippen LogP contribution in [0.1, 0.15) is 39.0 Å². The van der Waals surface area contributed by atoms with Gasteiger partial charge < -0.3 is 4.74 Å². The summed E-state index contributed by atoms with van der Waals surface area (Å²) in [5, 5.41) is 0. The van der Waals surface area contributed by atoms with Gasteiger partial charge in [0.2, 0.25) is 0 Å². The highest BCUT2D eigenvalue weighted by Crippen LogP contribution is 2.23. The average molecular weight is 202 g/mol. The van der Waals surface area contributed by atoms with E-state index in [-0.39, 0.29) is 0 Å². The summed E-state index contributed by atoms with van der Waals surface area (Å²) < 4.78 is 5.65. The fourth-order valence-electron chi connectivity index (χ4n) is 1.87. The second-order valence-electron chi connectivity index (χ2n) is 3.78. The predicted molar refractivity (Wildman–Crippen MR) is 60.4 cm³/mol. The number of ether oxygens (including phenoxy) is 1. The Labute approximate surface area is 86.6 Å². The van der Waals surface area contributed by atoms with Gasteiger partial charge in [0.25, 0.3) is 0 Å². The SMILES string of the molecule is CCSCCOCC1CCCCC1. The first-order valence-corrected chi connectivity index (χ1v) is 6.74.